The van der Waals surface area contributed by atoms with Gasteiger partial charge in [0.25, 0.3) is 0 Å². The summed E-state index contributed by atoms with van der Waals surface area (Å²) in [4.78, 5) is 11.6. The van der Waals surface area contributed by atoms with Gasteiger partial charge in [-0.1, -0.05) is 20.3 Å². The Bertz CT molecular complexity index is 301. The average Bonchev–Trinajstić information content (AvgIpc) is 2.20. The van der Waals surface area contributed by atoms with Gasteiger partial charge in [-0.25, -0.2) is 0 Å². The van der Waals surface area contributed by atoms with Crippen LogP contribution in [0.25, 0.3) is 0 Å². The number of nitrogens with two attached hydrogens (primary N) is 1. The molecule has 2 N–H and O–H groups in total. The first-order chi connectivity index (χ1) is 7.39. The second-order valence-electron chi connectivity index (χ2n) is 6.44. The molecule has 0 saturated heterocycles. The van der Waals surface area contributed by atoms with Crippen LogP contribution in [0.5, 0.6) is 0 Å². The van der Waals surface area contributed by atoms with Crippen LogP contribution in [0.15, 0.2) is 0 Å². The number of hydrogen-bond donors (Lipinski definition) is 1. The van der Waals surface area contributed by atoms with E-state index in [1.54, 1.807) is 6.92 Å². The molecule has 0 amide bonds. The fraction of sp³-hybridized carbons (Fsp3) is 0.929. The third-order valence-electron chi connectivity index (χ3n) is 5.57. The molecular formula is C14H25NO. The highest BCUT2D eigenvalue weighted by Gasteiger charge is 2.54. The lowest BCUT2D eigenvalue weighted by molar-refractivity contribution is -0.126. The largest absolute Gasteiger partial charge is 0.324 e. The fourth-order valence-electron chi connectivity index (χ4n) is 4.04. The molecule has 0 radical (unpaired) electrons. The highest BCUT2D eigenvalue weighted by molar-refractivity contribution is 5.78. The zero-order valence-corrected chi connectivity index (χ0v) is 10.9. The third-order valence-corrected chi connectivity index (χ3v) is 5.57. The van der Waals surface area contributed by atoms with E-state index in [-0.39, 0.29) is 16.9 Å². The van der Waals surface area contributed by atoms with Crippen molar-refractivity contribution in [2.24, 2.45) is 23.0 Å². The van der Waals surface area contributed by atoms with Gasteiger partial charge in [0, 0.05) is 11.5 Å². The average molecular weight is 223 g/mol. The highest BCUT2D eigenvalue weighted by Crippen LogP contribution is 2.55. The van der Waals surface area contributed by atoms with Gasteiger partial charge in [0.15, 0.2) is 0 Å². The highest BCUT2D eigenvalue weighted by atomic mass is 16.1. The summed E-state index contributed by atoms with van der Waals surface area (Å²) in [6, 6.07) is 0. The predicted octanol–water partition coefficient (Wildman–Crippen LogP) is 2.90. The Hall–Kier alpha value is -0.370. The molecule has 2 heteroatoms. The summed E-state index contributed by atoms with van der Waals surface area (Å²) >= 11 is 0. The Kier molecular flexibility index (Phi) is 2.90. The van der Waals surface area contributed by atoms with Crippen LogP contribution >= 0.6 is 0 Å². The minimum absolute atomic E-state index is 0.0974. The Morgan fingerprint density at radius 1 is 1.31 bits per heavy atom. The van der Waals surface area contributed by atoms with Crippen LogP contribution in [0, 0.1) is 17.3 Å². The number of carbonyl (C=O) groups is 1. The van der Waals surface area contributed by atoms with Gasteiger partial charge in [-0.05, 0) is 50.4 Å². The van der Waals surface area contributed by atoms with E-state index in [4.69, 9.17) is 5.73 Å². The Labute approximate surface area is 99.0 Å². The van der Waals surface area contributed by atoms with Gasteiger partial charge in [0.05, 0.1) is 0 Å². The van der Waals surface area contributed by atoms with E-state index >= 15 is 0 Å². The number of Topliss-reactive ketones (excluding diaryl/α,β-unsaturated/α-hetero) is 1. The van der Waals surface area contributed by atoms with Crippen LogP contribution < -0.4 is 5.73 Å². The molecule has 2 rings (SSSR count). The van der Waals surface area contributed by atoms with Crippen LogP contribution in [0.2, 0.25) is 0 Å². The molecular weight excluding hydrogens is 198 g/mol. The number of fused-ring (bicyclic) bond motifs is 1. The molecule has 0 aromatic carbocycles. The van der Waals surface area contributed by atoms with E-state index < -0.39 is 0 Å². The predicted molar refractivity (Wildman–Crippen MR) is 66.1 cm³/mol. The second kappa shape index (κ2) is 3.83. The normalized spacial score (nSPS) is 48.5. The topological polar surface area (TPSA) is 43.1 Å². The van der Waals surface area contributed by atoms with E-state index in [1.165, 1.54) is 19.3 Å². The van der Waals surface area contributed by atoms with Crippen molar-refractivity contribution in [3.8, 4) is 0 Å². The van der Waals surface area contributed by atoms with E-state index in [2.05, 4.69) is 13.8 Å². The molecule has 0 spiro atoms. The minimum Gasteiger partial charge on any atom is -0.324 e. The van der Waals surface area contributed by atoms with E-state index in [9.17, 15) is 4.79 Å². The third kappa shape index (κ3) is 1.62. The number of hydrogen-bond acceptors (Lipinski definition) is 2. The first-order valence-electron chi connectivity index (χ1n) is 6.68. The van der Waals surface area contributed by atoms with Crippen LogP contribution in [0.3, 0.4) is 0 Å². The Balaban J connectivity index is 2.26. The molecule has 2 saturated carbocycles. The van der Waals surface area contributed by atoms with Gasteiger partial charge < -0.3 is 5.73 Å². The van der Waals surface area contributed by atoms with Crippen molar-refractivity contribution in [1.82, 2.24) is 0 Å². The lowest BCUT2D eigenvalue weighted by Crippen LogP contribution is -2.63. The number of ketones is 1. The van der Waals surface area contributed by atoms with Crippen molar-refractivity contribution < 1.29 is 4.79 Å². The minimum atomic E-state index is -0.0974. The van der Waals surface area contributed by atoms with Gasteiger partial charge in [0.1, 0.15) is 5.78 Å². The van der Waals surface area contributed by atoms with Crippen molar-refractivity contribution in [3.63, 3.8) is 0 Å². The monoisotopic (exact) mass is 223 g/mol. The molecule has 0 bridgehead atoms. The zero-order valence-electron chi connectivity index (χ0n) is 10.9. The molecule has 0 unspecified atom stereocenters. The number of carbonyl (C=O) groups excluding carboxylic acids is 1. The van der Waals surface area contributed by atoms with Crippen molar-refractivity contribution >= 4 is 5.78 Å². The smallest absolute Gasteiger partial charge is 0.132 e. The Morgan fingerprint density at radius 2 is 2.00 bits per heavy atom. The standard InChI is InChI=1S/C14H25NO/c1-10-5-4-7-13(3)8-6-12(11(2)16)9-14(10,13)15/h10,12H,4-9,15H2,1-3H3/t10-,12-,13-,14-/m1/s1. The van der Waals surface area contributed by atoms with Crippen molar-refractivity contribution in [1.29, 1.82) is 0 Å². The molecule has 4 atom stereocenters. The molecule has 2 nitrogen and oxygen atoms in total. The second-order valence-corrected chi connectivity index (χ2v) is 6.44. The Morgan fingerprint density at radius 3 is 2.62 bits per heavy atom. The van der Waals surface area contributed by atoms with Crippen molar-refractivity contribution in [2.45, 2.75) is 64.8 Å². The lowest BCUT2D eigenvalue weighted by atomic mass is 9.50. The first-order valence-corrected chi connectivity index (χ1v) is 6.68. The molecule has 2 aliphatic carbocycles. The van der Waals surface area contributed by atoms with Crippen LogP contribution in [-0.4, -0.2) is 11.3 Å². The fourth-order valence-corrected chi connectivity index (χ4v) is 4.04. The summed E-state index contributed by atoms with van der Waals surface area (Å²) in [7, 11) is 0. The maximum atomic E-state index is 11.6. The van der Waals surface area contributed by atoms with Gasteiger partial charge in [0.2, 0.25) is 0 Å². The summed E-state index contributed by atoms with van der Waals surface area (Å²) in [5.74, 6) is 1.12. The molecule has 0 aromatic heterocycles. The molecule has 16 heavy (non-hydrogen) atoms. The summed E-state index contributed by atoms with van der Waals surface area (Å²) < 4.78 is 0. The van der Waals surface area contributed by atoms with Crippen LogP contribution in [-0.2, 0) is 4.79 Å². The maximum absolute atomic E-state index is 11.6. The summed E-state index contributed by atoms with van der Waals surface area (Å²) in [6.45, 7) is 6.35. The van der Waals surface area contributed by atoms with Gasteiger partial charge in [-0.15, -0.1) is 0 Å². The van der Waals surface area contributed by atoms with Crippen LogP contribution in [0.1, 0.15) is 59.3 Å². The number of rotatable bonds is 1. The van der Waals surface area contributed by atoms with Gasteiger partial charge in [-0.3, -0.25) is 4.79 Å². The van der Waals surface area contributed by atoms with Gasteiger partial charge in [-0.2, -0.15) is 0 Å². The summed E-state index contributed by atoms with van der Waals surface area (Å²) in [5, 5.41) is 0. The first kappa shape index (κ1) is 12.1. The van der Waals surface area contributed by atoms with Crippen molar-refractivity contribution in [3.05, 3.63) is 0 Å². The zero-order chi connectivity index (χ0) is 12.0. The quantitative estimate of drug-likeness (QED) is 0.742. The molecule has 0 heterocycles. The lowest BCUT2D eigenvalue weighted by Gasteiger charge is -2.58. The molecule has 0 aliphatic heterocycles. The maximum Gasteiger partial charge on any atom is 0.132 e. The van der Waals surface area contributed by atoms with Crippen LogP contribution in [0.4, 0.5) is 0 Å². The van der Waals surface area contributed by atoms with Gasteiger partial charge >= 0.3 is 0 Å². The molecule has 0 aromatic rings. The molecule has 92 valence electrons. The molecule has 2 fully saturated rings. The SMILES string of the molecule is CC(=O)[C@@H]1CC[C@@]2(C)CCC[C@@H](C)[C@]2(N)C1. The molecule has 2 aliphatic rings. The summed E-state index contributed by atoms with van der Waals surface area (Å²) in [6.07, 6.45) is 6.89. The van der Waals surface area contributed by atoms with E-state index in [0.29, 0.717) is 11.7 Å². The van der Waals surface area contributed by atoms with Crippen molar-refractivity contribution in [2.75, 3.05) is 0 Å². The van der Waals surface area contributed by atoms with E-state index in [1.807, 2.05) is 0 Å². The summed E-state index contributed by atoms with van der Waals surface area (Å²) in [5.41, 5.74) is 6.90. The van der Waals surface area contributed by atoms with E-state index in [0.717, 1.165) is 19.3 Å².